The fraction of sp³-hybridized carbons (Fsp3) is 0.579. The number of likely N-dealkylation sites (N-methyl/N-ethyl adjacent to an activating group) is 1. The molecule has 136 valence electrons. The van der Waals surface area contributed by atoms with Crippen molar-refractivity contribution in [3.63, 3.8) is 0 Å². The Bertz CT molecular complexity index is 637. The third-order valence-electron chi connectivity index (χ3n) is 5.37. The van der Waals surface area contributed by atoms with Crippen LogP contribution in [0.3, 0.4) is 0 Å². The minimum atomic E-state index is 0.0638. The summed E-state index contributed by atoms with van der Waals surface area (Å²) in [5, 5.41) is 3.29. The maximum atomic E-state index is 12.0. The predicted octanol–water partition coefficient (Wildman–Crippen LogP) is 2.86. The molecule has 1 aliphatic carbocycles. The summed E-state index contributed by atoms with van der Waals surface area (Å²) >= 11 is 3.46. The molecule has 3 rings (SSSR count). The van der Waals surface area contributed by atoms with Crippen LogP contribution in [-0.2, 0) is 11.3 Å². The lowest BCUT2D eigenvalue weighted by molar-refractivity contribution is -0.127. The standard InChI is InChI=1S/C19H27BrN4O/c1-23(2)17(25)13-22-18(21-12-15-4-6-16(20)7-5-15)24-11-10-19(14-24)8-3-9-19/h4-7H,3,8-14H2,1-2H3,(H,21,22). The van der Waals surface area contributed by atoms with E-state index in [1.165, 1.54) is 31.2 Å². The Morgan fingerprint density at radius 3 is 2.56 bits per heavy atom. The molecular weight excluding hydrogens is 380 g/mol. The molecule has 1 aliphatic heterocycles. The second-order valence-electron chi connectivity index (χ2n) is 7.43. The highest BCUT2D eigenvalue weighted by atomic mass is 79.9. The highest BCUT2D eigenvalue weighted by Gasteiger charge is 2.43. The van der Waals surface area contributed by atoms with Crippen molar-refractivity contribution < 1.29 is 4.79 Å². The van der Waals surface area contributed by atoms with Gasteiger partial charge in [-0.3, -0.25) is 4.79 Å². The van der Waals surface area contributed by atoms with Crippen LogP contribution >= 0.6 is 15.9 Å². The predicted molar refractivity (Wildman–Crippen MR) is 104 cm³/mol. The number of rotatable bonds is 4. The van der Waals surface area contributed by atoms with E-state index in [2.05, 4.69) is 38.3 Å². The first-order chi connectivity index (χ1) is 12.0. The van der Waals surface area contributed by atoms with Crippen LogP contribution in [0.2, 0.25) is 0 Å². The zero-order valence-corrected chi connectivity index (χ0v) is 16.7. The zero-order chi connectivity index (χ0) is 17.9. The van der Waals surface area contributed by atoms with Crippen molar-refractivity contribution >= 4 is 27.8 Å². The van der Waals surface area contributed by atoms with Crippen molar-refractivity contribution in [1.29, 1.82) is 0 Å². The Balaban J connectivity index is 1.68. The van der Waals surface area contributed by atoms with Crippen LogP contribution in [0.1, 0.15) is 31.2 Å². The molecule has 2 fully saturated rings. The molecule has 0 aromatic heterocycles. The number of carbonyl (C=O) groups is 1. The lowest BCUT2D eigenvalue weighted by Gasteiger charge is -2.38. The summed E-state index contributed by atoms with van der Waals surface area (Å²) < 4.78 is 1.07. The van der Waals surface area contributed by atoms with Crippen molar-refractivity contribution in [2.24, 2.45) is 10.4 Å². The molecule has 1 spiro atoms. The van der Waals surface area contributed by atoms with Gasteiger partial charge in [0, 0.05) is 31.7 Å². The van der Waals surface area contributed by atoms with Gasteiger partial charge in [0.25, 0.3) is 0 Å². The number of hydrogen-bond acceptors (Lipinski definition) is 2. The van der Waals surface area contributed by atoms with Gasteiger partial charge in [-0.1, -0.05) is 34.5 Å². The molecule has 1 saturated heterocycles. The van der Waals surface area contributed by atoms with Crippen LogP contribution in [-0.4, -0.2) is 55.4 Å². The Morgan fingerprint density at radius 1 is 1.28 bits per heavy atom. The number of hydrogen-bond donors (Lipinski definition) is 1. The monoisotopic (exact) mass is 406 g/mol. The third kappa shape index (κ3) is 4.54. The van der Waals surface area contributed by atoms with Gasteiger partial charge in [-0.05, 0) is 42.4 Å². The van der Waals surface area contributed by atoms with Crippen molar-refractivity contribution in [3.05, 3.63) is 34.3 Å². The number of nitrogens with zero attached hydrogens (tertiary/aromatic N) is 3. The third-order valence-corrected chi connectivity index (χ3v) is 5.90. The molecule has 1 N–H and O–H groups in total. The second kappa shape index (κ2) is 7.77. The first kappa shape index (κ1) is 18.2. The first-order valence-corrected chi connectivity index (χ1v) is 9.75. The van der Waals surface area contributed by atoms with Gasteiger partial charge in [-0.2, -0.15) is 0 Å². The van der Waals surface area contributed by atoms with E-state index in [0.717, 1.165) is 23.5 Å². The van der Waals surface area contributed by atoms with Gasteiger partial charge < -0.3 is 15.1 Å². The van der Waals surface area contributed by atoms with Gasteiger partial charge in [-0.25, -0.2) is 4.99 Å². The number of carbonyl (C=O) groups excluding carboxylic acids is 1. The maximum Gasteiger partial charge on any atom is 0.241 e. The molecule has 6 heteroatoms. The molecule has 1 aromatic rings. The molecular formula is C19H27BrN4O. The van der Waals surface area contributed by atoms with E-state index in [0.29, 0.717) is 12.0 Å². The summed E-state index contributed by atoms with van der Waals surface area (Å²) in [6.45, 7) is 3.00. The van der Waals surface area contributed by atoms with Crippen LogP contribution in [0.5, 0.6) is 0 Å². The molecule has 1 saturated carbocycles. The number of nitrogens with one attached hydrogen (secondary N) is 1. The Kier molecular flexibility index (Phi) is 5.67. The van der Waals surface area contributed by atoms with Crippen LogP contribution in [0.25, 0.3) is 0 Å². The number of guanidine groups is 1. The van der Waals surface area contributed by atoms with Crippen molar-refractivity contribution in [1.82, 2.24) is 15.1 Å². The fourth-order valence-corrected chi connectivity index (χ4v) is 3.80. The Labute approximate surface area is 158 Å². The minimum absolute atomic E-state index is 0.0638. The van der Waals surface area contributed by atoms with Crippen molar-refractivity contribution in [3.8, 4) is 0 Å². The number of likely N-dealkylation sites (tertiary alicyclic amines) is 1. The Morgan fingerprint density at radius 2 is 2.00 bits per heavy atom. The highest BCUT2D eigenvalue weighted by molar-refractivity contribution is 9.10. The van der Waals surface area contributed by atoms with Gasteiger partial charge in [-0.15, -0.1) is 0 Å². The van der Waals surface area contributed by atoms with E-state index in [1.54, 1.807) is 19.0 Å². The molecule has 0 radical (unpaired) electrons. The average Bonchev–Trinajstić information content (AvgIpc) is 3.02. The van der Waals surface area contributed by atoms with Crippen LogP contribution < -0.4 is 5.32 Å². The second-order valence-corrected chi connectivity index (χ2v) is 8.35. The largest absolute Gasteiger partial charge is 0.347 e. The van der Waals surface area contributed by atoms with Crippen molar-refractivity contribution in [2.45, 2.75) is 32.2 Å². The maximum absolute atomic E-state index is 12.0. The van der Waals surface area contributed by atoms with Gasteiger partial charge >= 0.3 is 0 Å². The summed E-state index contributed by atoms with van der Waals surface area (Å²) in [6.07, 6.45) is 5.26. The van der Waals surface area contributed by atoms with E-state index >= 15 is 0 Å². The normalized spacial score (nSPS) is 19.0. The number of amides is 1. The summed E-state index contributed by atoms with van der Waals surface area (Å²) in [7, 11) is 3.56. The van der Waals surface area contributed by atoms with Gasteiger partial charge in [0.05, 0.1) is 13.1 Å². The quantitative estimate of drug-likeness (QED) is 0.617. The average molecular weight is 407 g/mol. The fourth-order valence-electron chi connectivity index (χ4n) is 3.54. The molecule has 0 bridgehead atoms. The van der Waals surface area contributed by atoms with Crippen LogP contribution in [0, 0.1) is 5.41 Å². The van der Waals surface area contributed by atoms with E-state index in [9.17, 15) is 4.79 Å². The molecule has 0 atom stereocenters. The molecule has 1 heterocycles. The number of aliphatic imine (C=N–C) groups is 1. The summed E-state index contributed by atoms with van der Waals surface area (Å²) in [5.74, 6) is 0.927. The smallest absolute Gasteiger partial charge is 0.241 e. The molecule has 25 heavy (non-hydrogen) atoms. The first-order valence-electron chi connectivity index (χ1n) is 8.95. The minimum Gasteiger partial charge on any atom is -0.347 e. The molecule has 5 nitrogen and oxygen atoms in total. The molecule has 1 amide bonds. The number of benzene rings is 1. The zero-order valence-electron chi connectivity index (χ0n) is 15.1. The Hall–Kier alpha value is -1.56. The van der Waals surface area contributed by atoms with Crippen molar-refractivity contribution in [2.75, 3.05) is 33.7 Å². The summed E-state index contributed by atoms with van der Waals surface area (Å²) in [6, 6.07) is 8.22. The van der Waals surface area contributed by atoms with E-state index < -0.39 is 0 Å². The van der Waals surface area contributed by atoms with E-state index in [-0.39, 0.29) is 12.5 Å². The molecule has 2 aliphatic rings. The van der Waals surface area contributed by atoms with E-state index in [4.69, 9.17) is 4.99 Å². The SMILES string of the molecule is CN(C)C(=O)CNC(=NCc1ccc(Br)cc1)N1CCC2(CCC2)C1. The molecule has 0 unspecified atom stereocenters. The molecule has 1 aromatic carbocycles. The topological polar surface area (TPSA) is 47.9 Å². The summed E-state index contributed by atoms with van der Waals surface area (Å²) in [4.78, 5) is 20.7. The summed E-state index contributed by atoms with van der Waals surface area (Å²) in [5.41, 5.74) is 1.67. The van der Waals surface area contributed by atoms with Gasteiger partial charge in [0.15, 0.2) is 5.96 Å². The highest BCUT2D eigenvalue weighted by Crippen LogP contribution is 2.47. The van der Waals surface area contributed by atoms with Crippen LogP contribution in [0.15, 0.2) is 33.7 Å². The van der Waals surface area contributed by atoms with Gasteiger partial charge in [0.1, 0.15) is 0 Å². The lowest BCUT2D eigenvalue weighted by Crippen LogP contribution is -2.45. The van der Waals surface area contributed by atoms with Gasteiger partial charge in [0.2, 0.25) is 5.91 Å². The van der Waals surface area contributed by atoms with E-state index in [1.807, 2.05) is 12.1 Å². The van der Waals surface area contributed by atoms with Crippen LogP contribution in [0.4, 0.5) is 0 Å². The number of halogens is 1. The lowest BCUT2D eigenvalue weighted by atomic mass is 9.68.